The molecule has 0 aromatic carbocycles. The van der Waals surface area contributed by atoms with Crippen molar-refractivity contribution in [2.24, 2.45) is 23.2 Å². The van der Waals surface area contributed by atoms with Gasteiger partial charge in [0.25, 0.3) is 0 Å². The Morgan fingerprint density at radius 3 is 2.20 bits per heavy atom. The van der Waals surface area contributed by atoms with E-state index in [9.17, 15) is 0 Å². The summed E-state index contributed by atoms with van der Waals surface area (Å²) in [5.41, 5.74) is 0.712. The first-order valence-electron chi connectivity index (χ1n) is 7.11. The minimum Gasteiger partial charge on any atom is -0.0654 e. The van der Waals surface area contributed by atoms with Crippen LogP contribution in [0.3, 0.4) is 0 Å². The maximum Gasteiger partial charge on any atom is -0.0321 e. The van der Waals surface area contributed by atoms with E-state index in [0.717, 1.165) is 17.8 Å². The van der Waals surface area contributed by atoms with E-state index in [2.05, 4.69) is 20.8 Å². The lowest BCUT2D eigenvalue weighted by Crippen LogP contribution is -2.36. The predicted molar refractivity (Wildman–Crippen MR) is 66.9 cm³/mol. The highest BCUT2D eigenvalue weighted by molar-refractivity contribution is 4.91. The van der Waals surface area contributed by atoms with Gasteiger partial charge in [-0.15, -0.1) is 0 Å². The van der Waals surface area contributed by atoms with E-state index in [4.69, 9.17) is 0 Å². The van der Waals surface area contributed by atoms with Gasteiger partial charge < -0.3 is 0 Å². The molecule has 0 aromatic heterocycles. The molecule has 2 fully saturated rings. The van der Waals surface area contributed by atoms with E-state index >= 15 is 0 Å². The molecule has 2 aliphatic rings. The third kappa shape index (κ3) is 2.77. The zero-order valence-electron chi connectivity index (χ0n) is 10.9. The molecule has 15 heavy (non-hydrogen) atoms. The van der Waals surface area contributed by atoms with Crippen LogP contribution >= 0.6 is 0 Å². The fourth-order valence-electron chi connectivity index (χ4n) is 4.52. The second-order valence-corrected chi connectivity index (χ2v) is 6.87. The summed E-state index contributed by atoms with van der Waals surface area (Å²) in [6.07, 6.45) is 12.0. The first kappa shape index (κ1) is 11.5. The molecular formula is C15H28. The molecule has 2 saturated carbocycles. The maximum absolute atomic E-state index is 2.57. The summed E-state index contributed by atoms with van der Waals surface area (Å²) < 4.78 is 0. The lowest BCUT2D eigenvalue weighted by atomic mass is 9.58. The molecular weight excluding hydrogens is 180 g/mol. The number of hydrogen-bond acceptors (Lipinski definition) is 0. The molecule has 0 radical (unpaired) electrons. The second-order valence-electron chi connectivity index (χ2n) is 6.87. The Morgan fingerprint density at radius 2 is 1.67 bits per heavy atom. The van der Waals surface area contributed by atoms with Gasteiger partial charge in [0.2, 0.25) is 0 Å². The largest absolute Gasteiger partial charge is 0.0654 e. The summed E-state index contributed by atoms with van der Waals surface area (Å²) in [6, 6.07) is 0. The highest BCUT2D eigenvalue weighted by Gasteiger charge is 2.40. The first-order valence-corrected chi connectivity index (χ1v) is 7.11. The number of rotatable bonds is 3. The van der Waals surface area contributed by atoms with Crippen molar-refractivity contribution >= 4 is 0 Å². The summed E-state index contributed by atoms with van der Waals surface area (Å²) in [7, 11) is 0. The SMILES string of the molecule is CCCCC1(C)CC2CC(C)CC(C2)C1. The van der Waals surface area contributed by atoms with Crippen LogP contribution < -0.4 is 0 Å². The summed E-state index contributed by atoms with van der Waals surface area (Å²) in [6.45, 7) is 7.36. The van der Waals surface area contributed by atoms with Gasteiger partial charge in [0.05, 0.1) is 0 Å². The molecule has 2 unspecified atom stereocenters. The highest BCUT2D eigenvalue weighted by Crippen LogP contribution is 2.51. The van der Waals surface area contributed by atoms with Crippen LogP contribution in [-0.4, -0.2) is 0 Å². The van der Waals surface area contributed by atoms with Gasteiger partial charge in [-0.2, -0.15) is 0 Å². The molecule has 0 saturated heterocycles. The minimum absolute atomic E-state index is 0.712. The average Bonchev–Trinajstić information content (AvgIpc) is 2.12. The lowest BCUT2D eigenvalue weighted by molar-refractivity contribution is 0.0396. The molecule has 88 valence electrons. The van der Waals surface area contributed by atoms with Crippen molar-refractivity contribution in [3.63, 3.8) is 0 Å². The second kappa shape index (κ2) is 4.47. The molecule has 0 aromatic rings. The van der Waals surface area contributed by atoms with Crippen LogP contribution in [0.5, 0.6) is 0 Å². The van der Waals surface area contributed by atoms with Crippen molar-refractivity contribution in [2.45, 2.75) is 72.1 Å². The molecule has 2 aliphatic carbocycles. The van der Waals surface area contributed by atoms with E-state index in [0.29, 0.717) is 5.41 Å². The van der Waals surface area contributed by atoms with Crippen molar-refractivity contribution in [3.8, 4) is 0 Å². The van der Waals surface area contributed by atoms with E-state index < -0.39 is 0 Å². The molecule has 0 amide bonds. The molecule has 2 rings (SSSR count). The van der Waals surface area contributed by atoms with Crippen LogP contribution in [0, 0.1) is 23.2 Å². The standard InChI is InChI=1S/C15H28/c1-4-5-6-15(3)10-13-7-12(2)8-14(9-13)11-15/h12-14H,4-11H2,1-3H3. The van der Waals surface area contributed by atoms with Crippen LogP contribution in [0.4, 0.5) is 0 Å². The Kier molecular flexibility index (Phi) is 3.42. The van der Waals surface area contributed by atoms with E-state index in [-0.39, 0.29) is 0 Å². The molecule has 2 bridgehead atoms. The third-order valence-electron chi connectivity index (χ3n) is 4.83. The van der Waals surface area contributed by atoms with Crippen molar-refractivity contribution in [1.82, 2.24) is 0 Å². The zero-order chi connectivity index (χ0) is 10.9. The first-order chi connectivity index (χ1) is 7.11. The molecule has 0 heteroatoms. The van der Waals surface area contributed by atoms with Gasteiger partial charge in [-0.1, -0.05) is 33.6 Å². The van der Waals surface area contributed by atoms with Crippen molar-refractivity contribution in [3.05, 3.63) is 0 Å². The zero-order valence-corrected chi connectivity index (χ0v) is 10.9. The monoisotopic (exact) mass is 208 g/mol. The van der Waals surface area contributed by atoms with Crippen LogP contribution in [0.1, 0.15) is 72.1 Å². The average molecular weight is 208 g/mol. The molecule has 0 spiro atoms. The van der Waals surface area contributed by atoms with Gasteiger partial charge in [-0.25, -0.2) is 0 Å². The topological polar surface area (TPSA) is 0 Å². The summed E-state index contributed by atoms with van der Waals surface area (Å²) in [4.78, 5) is 0. The molecule has 0 nitrogen and oxygen atoms in total. The fraction of sp³-hybridized carbons (Fsp3) is 1.00. The van der Waals surface area contributed by atoms with Gasteiger partial charge in [-0.3, -0.25) is 0 Å². The predicted octanol–water partition coefficient (Wildman–Crippen LogP) is 5.03. The lowest BCUT2D eigenvalue weighted by Gasteiger charge is -2.47. The molecule has 0 aliphatic heterocycles. The fourth-order valence-corrected chi connectivity index (χ4v) is 4.52. The highest BCUT2D eigenvalue weighted by atomic mass is 14.5. The van der Waals surface area contributed by atoms with E-state index in [1.54, 1.807) is 6.42 Å². The van der Waals surface area contributed by atoms with Gasteiger partial charge in [0.1, 0.15) is 0 Å². The molecule has 0 N–H and O–H groups in total. The van der Waals surface area contributed by atoms with E-state index in [1.807, 2.05) is 0 Å². The van der Waals surface area contributed by atoms with Crippen LogP contribution in [0.25, 0.3) is 0 Å². The Morgan fingerprint density at radius 1 is 1.07 bits per heavy atom. The smallest absolute Gasteiger partial charge is 0.0321 e. The Bertz CT molecular complexity index is 188. The number of hydrogen-bond donors (Lipinski definition) is 0. The van der Waals surface area contributed by atoms with Crippen LogP contribution in [0.2, 0.25) is 0 Å². The van der Waals surface area contributed by atoms with Crippen molar-refractivity contribution in [2.75, 3.05) is 0 Å². The number of unbranched alkanes of at least 4 members (excludes halogenated alkanes) is 1. The molecule has 2 atom stereocenters. The van der Waals surface area contributed by atoms with Crippen molar-refractivity contribution < 1.29 is 0 Å². The third-order valence-corrected chi connectivity index (χ3v) is 4.83. The molecule has 0 heterocycles. The van der Waals surface area contributed by atoms with E-state index in [1.165, 1.54) is 44.9 Å². The van der Waals surface area contributed by atoms with Gasteiger partial charge in [0.15, 0.2) is 0 Å². The van der Waals surface area contributed by atoms with Gasteiger partial charge in [0, 0.05) is 0 Å². The van der Waals surface area contributed by atoms with Crippen molar-refractivity contribution in [1.29, 1.82) is 0 Å². The summed E-state index contributed by atoms with van der Waals surface area (Å²) in [5.74, 6) is 3.17. The van der Waals surface area contributed by atoms with Crippen LogP contribution in [-0.2, 0) is 0 Å². The summed E-state index contributed by atoms with van der Waals surface area (Å²) in [5, 5.41) is 0. The Balaban J connectivity index is 1.94. The van der Waals surface area contributed by atoms with Gasteiger partial charge in [-0.05, 0) is 61.7 Å². The quantitative estimate of drug-likeness (QED) is 0.610. The Labute approximate surface area is 95.8 Å². The Hall–Kier alpha value is 0. The van der Waals surface area contributed by atoms with Gasteiger partial charge >= 0.3 is 0 Å². The van der Waals surface area contributed by atoms with Crippen LogP contribution in [0.15, 0.2) is 0 Å². The minimum atomic E-state index is 0.712. The number of fused-ring (bicyclic) bond motifs is 2. The normalized spacial score (nSPS) is 45.4. The maximum atomic E-state index is 2.57. The summed E-state index contributed by atoms with van der Waals surface area (Å²) >= 11 is 0.